The number of anilines is 1. The van der Waals surface area contributed by atoms with Crippen LogP contribution in [0.1, 0.15) is 23.7 Å². The summed E-state index contributed by atoms with van der Waals surface area (Å²) in [5, 5.41) is 14.6. The second-order valence-corrected chi connectivity index (χ2v) is 7.29. The maximum absolute atomic E-state index is 12.6. The van der Waals surface area contributed by atoms with Crippen molar-refractivity contribution in [1.82, 2.24) is 29.8 Å². The molecule has 1 N–H and O–H groups in total. The zero-order valence-corrected chi connectivity index (χ0v) is 15.6. The predicted molar refractivity (Wildman–Crippen MR) is 100 cm³/mol. The Morgan fingerprint density at radius 1 is 1.37 bits per heavy atom. The Bertz CT molecular complexity index is 1060. The molecule has 0 saturated heterocycles. The molecular weight excluding hydrogens is 366 g/mol. The summed E-state index contributed by atoms with van der Waals surface area (Å²) in [6.07, 6.45) is 1.69. The van der Waals surface area contributed by atoms with Crippen molar-refractivity contribution in [2.45, 2.75) is 31.5 Å². The number of nitrogens with one attached hydrogen (secondary N) is 1. The van der Waals surface area contributed by atoms with Crippen LogP contribution in [0.25, 0.3) is 5.69 Å². The van der Waals surface area contributed by atoms with Crippen molar-refractivity contribution in [3.8, 4) is 5.69 Å². The number of hydrogen-bond donors (Lipinski definition) is 1. The lowest BCUT2D eigenvalue weighted by molar-refractivity contribution is -0.116. The van der Waals surface area contributed by atoms with E-state index in [2.05, 4.69) is 25.8 Å². The molecule has 2 aromatic heterocycles. The minimum absolute atomic E-state index is 0.0685. The van der Waals surface area contributed by atoms with Crippen LogP contribution < -0.4 is 10.9 Å². The molecule has 1 atom stereocenters. The third kappa shape index (κ3) is 3.35. The van der Waals surface area contributed by atoms with Crippen LogP contribution in [-0.2, 0) is 4.79 Å². The summed E-state index contributed by atoms with van der Waals surface area (Å²) >= 11 is 1.51. The fourth-order valence-corrected chi connectivity index (χ4v) is 4.14. The van der Waals surface area contributed by atoms with E-state index < -0.39 is 0 Å². The third-order valence-electron chi connectivity index (χ3n) is 4.49. The first-order valence-electron chi connectivity index (χ1n) is 8.39. The van der Waals surface area contributed by atoms with Gasteiger partial charge in [0.1, 0.15) is 6.33 Å². The van der Waals surface area contributed by atoms with E-state index in [1.165, 1.54) is 22.8 Å². The maximum Gasteiger partial charge on any atom is 0.257 e. The summed E-state index contributed by atoms with van der Waals surface area (Å²) < 4.78 is 3.15. The van der Waals surface area contributed by atoms with Crippen LogP contribution in [0.4, 0.5) is 5.69 Å². The van der Waals surface area contributed by atoms with Crippen LogP contribution in [0.5, 0.6) is 0 Å². The monoisotopic (exact) mass is 383 g/mol. The molecule has 0 aliphatic carbocycles. The molecule has 27 heavy (non-hydrogen) atoms. The summed E-state index contributed by atoms with van der Waals surface area (Å²) in [6.45, 7) is 3.60. The zero-order chi connectivity index (χ0) is 19.0. The first-order chi connectivity index (χ1) is 13.0. The molecule has 4 rings (SSSR count). The topological polar surface area (TPSA) is 108 Å². The van der Waals surface area contributed by atoms with E-state index in [1.54, 1.807) is 23.6 Å². The predicted octanol–water partition coefficient (Wildman–Crippen LogP) is 1.51. The van der Waals surface area contributed by atoms with Gasteiger partial charge in [0.15, 0.2) is 5.16 Å². The van der Waals surface area contributed by atoms with Crippen LogP contribution in [0, 0.1) is 13.8 Å². The highest BCUT2D eigenvalue weighted by molar-refractivity contribution is 7.99. The number of fused-ring (bicyclic) bond motifs is 1. The van der Waals surface area contributed by atoms with E-state index in [4.69, 9.17) is 0 Å². The number of aromatic nitrogens is 6. The van der Waals surface area contributed by atoms with Crippen molar-refractivity contribution >= 4 is 23.4 Å². The van der Waals surface area contributed by atoms with E-state index in [-0.39, 0.29) is 23.9 Å². The van der Waals surface area contributed by atoms with Gasteiger partial charge >= 0.3 is 0 Å². The van der Waals surface area contributed by atoms with Gasteiger partial charge in [-0.1, -0.05) is 17.8 Å². The van der Waals surface area contributed by atoms with Crippen molar-refractivity contribution in [3.63, 3.8) is 0 Å². The Morgan fingerprint density at radius 3 is 3.00 bits per heavy atom. The van der Waals surface area contributed by atoms with E-state index in [0.29, 0.717) is 22.2 Å². The Balaban J connectivity index is 1.50. The largest absolute Gasteiger partial charge is 0.326 e. The summed E-state index contributed by atoms with van der Waals surface area (Å²) in [7, 11) is 0. The van der Waals surface area contributed by atoms with Gasteiger partial charge in [-0.15, -0.1) is 5.10 Å². The van der Waals surface area contributed by atoms with Gasteiger partial charge in [0, 0.05) is 29.1 Å². The molecule has 0 bridgehead atoms. The van der Waals surface area contributed by atoms with Gasteiger partial charge in [-0.3, -0.25) is 14.2 Å². The van der Waals surface area contributed by atoms with Gasteiger partial charge in [0.25, 0.3) is 5.56 Å². The van der Waals surface area contributed by atoms with Crippen LogP contribution in [0.2, 0.25) is 0 Å². The second-order valence-electron chi connectivity index (χ2n) is 6.30. The molecule has 0 radical (unpaired) electrons. The van der Waals surface area contributed by atoms with Crippen molar-refractivity contribution in [2.75, 3.05) is 11.1 Å². The molecule has 0 saturated carbocycles. The van der Waals surface area contributed by atoms with Gasteiger partial charge in [-0.05, 0) is 42.5 Å². The quantitative estimate of drug-likeness (QED) is 0.680. The lowest BCUT2D eigenvalue weighted by Gasteiger charge is -2.14. The molecule has 10 heteroatoms. The van der Waals surface area contributed by atoms with Crippen LogP contribution >= 0.6 is 11.8 Å². The number of tetrazole rings is 1. The van der Waals surface area contributed by atoms with Crippen LogP contribution in [0.3, 0.4) is 0 Å². The number of nitrogens with zero attached hydrogens (tertiary/aromatic N) is 6. The zero-order valence-electron chi connectivity index (χ0n) is 14.8. The number of carbonyl (C=O) groups is 1. The molecule has 1 aliphatic rings. The molecule has 1 amide bonds. The molecule has 9 nitrogen and oxygen atoms in total. The minimum Gasteiger partial charge on any atom is -0.326 e. The average molecular weight is 383 g/mol. The van der Waals surface area contributed by atoms with Crippen molar-refractivity contribution in [3.05, 3.63) is 52.2 Å². The normalized spacial score (nSPS) is 15.6. The summed E-state index contributed by atoms with van der Waals surface area (Å²) in [6, 6.07) is 7.03. The van der Waals surface area contributed by atoms with Crippen molar-refractivity contribution in [2.24, 2.45) is 0 Å². The van der Waals surface area contributed by atoms with Crippen LogP contribution in [0.15, 0.2) is 40.5 Å². The summed E-state index contributed by atoms with van der Waals surface area (Å²) in [5.41, 5.74) is 2.68. The molecule has 1 aromatic carbocycles. The number of hydrogen-bond acceptors (Lipinski definition) is 7. The fraction of sp³-hybridized carbons (Fsp3) is 0.294. The lowest BCUT2D eigenvalue weighted by Crippen LogP contribution is -2.29. The standard InChI is InChI=1S/C17H17N7O2S/c1-10-11(2)19-17-24(16(10)26)14(8-27-17)7-15(25)20-12-4-3-5-13(6-12)23-9-18-21-22-23/h3-6,9,14H,7-8H2,1-2H3,(H,20,25). The highest BCUT2D eigenvalue weighted by Crippen LogP contribution is 2.32. The Hall–Kier alpha value is -3.01. The Morgan fingerprint density at radius 2 is 2.22 bits per heavy atom. The smallest absolute Gasteiger partial charge is 0.257 e. The van der Waals surface area contributed by atoms with Crippen molar-refractivity contribution in [1.29, 1.82) is 0 Å². The number of carbonyl (C=O) groups excluding carboxylic acids is 1. The van der Waals surface area contributed by atoms with Crippen molar-refractivity contribution < 1.29 is 4.79 Å². The van der Waals surface area contributed by atoms with Crippen LogP contribution in [-0.4, -0.2) is 41.4 Å². The molecule has 3 heterocycles. The highest BCUT2D eigenvalue weighted by Gasteiger charge is 2.28. The summed E-state index contributed by atoms with van der Waals surface area (Å²) in [4.78, 5) is 29.6. The average Bonchev–Trinajstić information content (AvgIpc) is 3.30. The van der Waals surface area contributed by atoms with Gasteiger partial charge in [0.05, 0.1) is 11.7 Å². The fourth-order valence-electron chi connectivity index (χ4n) is 2.95. The van der Waals surface area contributed by atoms with Gasteiger partial charge in [0.2, 0.25) is 5.91 Å². The summed E-state index contributed by atoms with van der Waals surface area (Å²) in [5.74, 6) is 0.496. The molecule has 0 spiro atoms. The van der Waals surface area contributed by atoms with E-state index in [0.717, 1.165) is 11.4 Å². The highest BCUT2D eigenvalue weighted by atomic mass is 32.2. The SMILES string of the molecule is Cc1nc2n(c(=O)c1C)C(CC(=O)Nc1cccc(-n3cnnn3)c1)CS2. The van der Waals surface area contributed by atoms with Gasteiger partial charge in [-0.25, -0.2) is 9.67 Å². The van der Waals surface area contributed by atoms with E-state index in [1.807, 2.05) is 19.1 Å². The molecular formula is C17H17N7O2S. The first kappa shape index (κ1) is 17.4. The second kappa shape index (κ2) is 6.95. The molecule has 3 aromatic rings. The Labute approximate surface area is 158 Å². The van der Waals surface area contributed by atoms with Gasteiger partial charge in [-0.2, -0.15) is 0 Å². The molecule has 1 aliphatic heterocycles. The van der Waals surface area contributed by atoms with Gasteiger partial charge < -0.3 is 5.32 Å². The molecule has 0 fully saturated rings. The minimum atomic E-state index is -0.202. The third-order valence-corrected chi connectivity index (χ3v) is 5.58. The van der Waals surface area contributed by atoms with E-state index >= 15 is 0 Å². The Kier molecular flexibility index (Phi) is 4.48. The molecule has 138 valence electrons. The number of thioether (sulfide) groups is 1. The lowest BCUT2D eigenvalue weighted by atomic mass is 10.2. The number of rotatable bonds is 4. The number of aryl methyl sites for hydroxylation is 1. The van der Waals surface area contributed by atoms with E-state index in [9.17, 15) is 9.59 Å². The first-order valence-corrected chi connectivity index (χ1v) is 9.37. The maximum atomic E-state index is 12.6. The number of amides is 1. The molecule has 1 unspecified atom stereocenters. The number of benzene rings is 1.